The van der Waals surface area contributed by atoms with Crippen LogP contribution in [-0.4, -0.2) is 0 Å². The van der Waals surface area contributed by atoms with Gasteiger partial charge in [0.15, 0.2) is 0 Å². The van der Waals surface area contributed by atoms with E-state index in [2.05, 4.69) is 72.8 Å². The van der Waals surface area contributed by atoms with Gasteiger partial charge in [0.2, 0.25) is 0 Å². The highest BCUT2D eigenvalue weighted by Gasteiger charge is 2.70. The van der Waals surface area contributed by atoms with Crippen LogP contribution < -0.4 is 0 Å². The molecule has 20 unspecified atom stereocenters. The molecule has 0 aliphatic heterocycles. The Morgan fingerprint density at radius 2 is 0.980 bits per heavy atom. The molecule has 50 heavy (non-hydrogen) atoms. The van der Waals surface area contributed by atoms with Crippen LogP contribution in [0.5, 0.6) is 0 Å². The Balaban J connectivity index is 1.04. The fourth-order valence-electron chi connectivity index (χ4n) is 19.1. The Hall–Kier alpha value is -1.82. The SMILES string of the molecule is C1=CC2C(CC1)C1CCCC3C1C2CC1C(c2ccccc2)C2C4CCCC5C6C(CCC7CCCCC76)CC(C54)C2C(c2ccccc2)C13. The van der Waals surface area contributed by atoms with Crippen molar-refractivity contribution in [2.24, 2.45) is 107 Å². The Morgan fingerprint density at radius 3 is 1.78 bits per heavy atom. The molecule has 0 amide bonds. The van der Waals surface area contributed by atoms with Crippen molar-refractivity contribution >= 4 is 0 Å². The summed E-state index contributed by atoms with van der Waals surface area (Å²) < 4.78 is 0. The molecule has 0 heterocycles. The average molecular weight is 665 g/mol. The van der Waals surface area contributed by atoms with Gasteiger partial charge in [-0.1, -0.05) is 105 Å². The molecule has 0 aromatic heterocycles. The van der Waals surface area contributed by atoms with Crippen LogP contribution in [0, 0.1) is 107 Å². The minimum Gasteiger partial charge on any atom is -0.0882 e. The second kappa shape index (κ2) is 11.8. The van der Waals surface area contributed by atoms with Crippen LogP contribution in [0.15, 0.2) is 72.8 Å². The summed E-state index contributed by atoms with van der Waals surface area (Å²) in [6.45, 7) is 0. The summed E-state index contributed by atoms with van der Waals surface area (Å²) in [4.78, 5) is 0. The van der Waals surface area contributed by atoms with Gasteiger partial charge in [-0.3, -0.25) is 0 Å². The normalized spacial score (nSPS) is 53.8. The second-order valence-corrected chi connectivity index (χ2v) is 20.6. The molecule has 0 spiro atoms. The topological polar surface area (TPSA) is 0 Å². The van der Waals surface area contributed by atoms with Crippen molar-refractivity contribution in [3.63, 3.8) is 0 Å². The van der Waals surface area contributed by atoms with Gasteiger partial charge < -0.3 is 0 Å². The van der Waals surface area contributed by atoms with E-state index >= 15 is 0 Å². The molecule has 12 rings (SSSR count). The van der Waals surface area contributed by atoms with Gasteiger partial charge in [0.05, 0.1) is 0 Å². The second-order valence-electron chi connectivity index (χ2n) is 20.6. The summed E-state index contributed by atoms with van der Waals surface area (Å²) >= 11 is 0. The first kappa shape index (κ1) is 30.6. The molecule has 0 bridgehead atoms. The van der Waals surface area contributed by atoms with Crippen LogP contribution in [0.1, 0.15) is 126 Å². The lowest BCUT2D eigenvalue weighted by Crippen LogP contribution is -2.54. The predicted molar refractivity (Wildman–Crippen MR) is 204 cm³/mol. The summed E-state index contributed by atoms with van der Waals surface area (Å²) in [7, 11) is 0. The molecule has 9 fully saturated rings. The molecule has 9 saturated carbocycles. The maximum atomic E-state index is 2.79. The van der Waals surface area contributed by atoms with Crippen molar-refractivity contribution in [2.75, 3.05) is 0 Å². The molecule has 0 heteroatoms. The molecule has 0 saturated heterocycles. The molecule has 264 valence electrons. The summed E-state index contributed by atoms with van der Waals surface area (Å²) in [6, 6.07) is 25.0. The van der Waals surface area contributed by atoms with Crippen LogP contribution in [0.4, 0.5) is 0 Å². The highest BCUT2D eigenvalue weighted by atomic mass is 14.7. The van der Waals surface area contributed by atoms with Gasteiger partial charge in [-0.25, -0.2) is 0 Å². The summed E-state index contributed by atoms with van der Waals surface area (Å²) in [5, 5.41) is 0. The number of rotatable bonds is 2. The monoisotopic (exact) mass is 665 g/mol. The molecule has 2 aromatic rings. The number of fused-ring (bicyclic) bond motifs is 12. The summed E-state index contributed by atoms with van der Waals surface area (Å²) in [6.07, 6.45) is 30.1. The highest BCUT2D eigenvalue weighted by Crippen LogP contribution is 2.77. The lowest BCUT2D eigenvalue weighted by molar-refractivity contribution is -0.0931. The van der Waals surface area contributed by atoms with Gasteiger partial charge in [0, 0.05) is 0 Å². The van der Waals surface area contributed by atoms with Crippen molar-refractivity contribution in [3.8, 4) is 0 Å². The summed E-state index contributed by atoms with van der Waals surface area (Å²) in [5.74, 6) is 19.3. The third-order valence-corrected chi connectivity index (χ3v) is 19.7. The van der Waals surface area contributed by atoms with Crippen LogP contribution in [0.3, 0.4) is 0 Å². The van der Waals surface area contributed by atoms with E-state index in [4.69, 9.17) is 0 Å². The maximum Gasteiger partial charge on any atom is -0.00939 e. The third-order valence-electron chi connectivity index (χ3n) is 19.7. The van der Waals surface area contributed by atoms with E-state index in [0.29, 0.717) is 0 Å². The third kappa shape index (κ3) is 4.24. The van der Waals surface area contributed by atoms with Crippen molar-refractivity contribution in [1.29, 1.82) is 0 Å². The van der Waals surface area contributed by atoms with E-state index in [1.807, 2.05) is 0 Å². The molecular formula is C50H64. The van der Waals surface area contributed by atoms with E-state index in [1.54, 1.807) is 68.9 Å². The first-order valence-corrected chi connectivity index (χ1v) is 22.6. The minimum atomic E-state index is 0.790. The number of hydrogen-bond donors (Lipinski definition) is 0. The van der Waals surface area contributed by atoms with Crippen molar-refractivity contribution in [3.05, 3.63) is 83.9 Å². The van der Waals surface area contributed by atoms with Crippen molar-refractivity contribution < 1.29 is 0 Å². The zero-order valence-corrected chi connectivity index (χ0v) is 30.8. The lowest BCUT2D eigenvalue weighted by Gasteiger charge is -2.61. The van der Waals surface area contributed by atoms with Crippen molar-refractivity contribution in [2.45, 2.75) is 115 Å². The first-order valence-electron chi connectivity index (χ1n) is 22.6. The number of benzene rings is 2. The molecule has 10 aliphatic rings. The molecule has 10 aliphatic carbocycles. The Kier molecular flexibility index (Phi) is 7.25. The largest absolute Gasteiger partial charge is 0.0882 e. The van der Waals surface area contributed by atoms with Gasteiger partial charge in [-0.2, -0.15) is 0 Å². The van der Waals surface area contributed by atoms with Gasteiger partial charge in [-0.05, 0) is 200 Å². The van der Waals surface area contributed by atoms with Crippen LogP contribution in [0.2, 0.25) is 0 Å². The first-order chi connectivity index (χ1) is 24.8. The Labute approximate surface area is 304 Å². The Morgan fingerprint density at radius 1 is 0.360 bits per heavy atom. The Bertz CT molecular complexity index is 1570. The van der Waals surface area contributed by atoms with Crippen LogP contribution in [0.25, 0.3) is 0 Å². The fourth-order valence-corrected chi connectivity index (χ4v) is 19.1. The zero-order chi connectivity index (χ0) is 32.5. The van der Waals surface area contributed by atoms with Gasteiger partial charge >= 0.3 is 0 Å². The van der Waals surface area contributed by atoms with E-state index in [0.717, 1.165) is 118 Å². The van der Waals surface area contributed by atoms with E-state index < -0.39 is 0 Å². The van der Waals surface area contributed by atoms with E-state index in [1.165, 1.54) is 44.9 Å². The van der Waals surface area contributed by atoms with Crippen LogP contribution >= 0.6 is 0 Å². The average Bonchev–Trinajstić information content (AvgIpc) is 3.68. The van der Waals surface area contributed by atoms with Gasteiger partial charge in [0.1, 0.15) is 0 Å². The minimum absolute atomic E-state index is 0.790. The maximum absolute atomic E-state index is 2.79. The number of hydrogen-bond acceptors (Lipinski definition) is 0. The van der Waals surface area contributed by atoms with Crippen molar-refractivity contribution in [1.82, 2.24) is 0 Å². The predicted octanol–water partition coefficient (Wildman–Crippen LogP) is 12.6. The van der Waals surface area contributed by atoms with Gasteiger partial charge in [-0.15, -0.1) is 0 Å². The molecule has 0 radical (unpaired) electrons. The molecule has 2 aromatic carbocycles. The standard InChI is InChI=1S/C50H64/c1-3-14-30(15-4-1)44-42-28-40-35-20-10-9-19-34(35)36-21-11-23-38(46(36)40)48(42)45(31-16-5-2-6-17-31)50-41-27-32-26-25-29-13-7-8-18-33(29)43(32)37-22-12-24-39(47(37)41)49(44)50/h1-6,10,14-17,20,29,32-50H,7-9,11-13,18-19,21-28H2. The van der Waals surface area contributed by atoms with Crippen LogP contribution in [-0.2, 0) is 0 Å². The zero-order valence-electron chi connectivity index (χ0n) is 30.8. The highest BCUT2D eigenvalue weighted by molar-refractivity contribution is 5.34. The molecule has 0 nitrogen and oxygen atoms in total. The lowest BCUT2D eigenvalue weighted by atomic mass is 9.43. The molecule has 0 N–H and O–H groups in total. The van der Waals surface area contributed by atoms with E-state index in [-0.39, 0.29) is 0 Å². The molecule has 20 atom stereocenters. The quantitative estimate of drug-likeness (QED) is 0.280. The van der Waals surface area contributed by atoms with Gasteiger partial charge in [0.25, 0.3) is 0 Å². The summed E-state index contributed by atoms with van der Waals surface area (Å²) in [5.41, 5.74) is 3.56. The molecular weight excluding hydrogens is 601 g/mol. The number of allylic oxidation sites excluding steroid dienone is 2. The smallest absolute Gasteiger partial charge is 0.00939 e. The van der Waals surface area contributed by atoms with E-state index in [9.17, 15) is 0 Å². The fraction of sp³-hybridized carbons (Fsp3) is 0.720.